The van der Waals surface area contributed by atoms with Gasteiger partial charge >= 0.3 is 0 Å². The number of carbonyl (C=O) groups is 1. The van der Waals surface area contributed by atoms with Crippen molar-refractivity contribution in [1.82, 2.24) is 0 Å². The molecule has 1 aliphatic heterocycles. The van der Waals surface area contributed by atoms with E-state index in [0.29, 0.717) is 17.9 Å². The van der Waals surface area contributed by atoms with Gasteiger partial charge in [0.05, 0.1) is 10.2 Å². The van der Waals surface area contributed by atoms with Gasteiger partial charge in [-0.25, -0.2) is 0 Å². The number of rotatable bonds is 1. The molecule has 3 nitrogen and oxygen atoms in total. The molecule has 0 saturated carbocycles. The van der Waals surface area contributed by atoms with Crippen molar-refractivity contribution in [1.29, 1.82) is 0 Å². The summed E-state index contributed by atoms with van der Waals surface area (Å²) < 4.78 is 7.33. The van der Waals surface area contributed by atoms with Crippen LogP contribution in [0.1, 0.15) is 13.3 Å². The van der Waals surface area contributed by atoms with Crippen LogP contribution in [0.15, 0.2) is 21.1 Å². The SMILES string of the molecule is CCC1Oc2c(Br)cc(Br)cc2NC1=O. The van der Waals surface area contributed by atoms with E-state index in [4.69, 9.17) is 4.74 Å². The van der Waals surface area contributed by atoms with Gasteiger partial charge in [0.2, 0.25) is 0 Å². The Morgan fingerprint density at radius 2 is 2.20 bits per heavy atom. The second-order valence-electron chi connectivity index (χ2n) is 3.27. The fourth-order valence-corrected chi connectivity index (χ4v) is 2.77. The normalized spacial score (nSPS) is 19.1. The Bertz CT molecular complexity index is 420. The van der Waals surface area contributed by atoms with Crippen LogP contribution in [0.4, 0.5) is 5.69 Å². The predicted octanol–water partition coefficient (Wildman–Crippen LogP) is 3.32. The van der Waals surface area contributed by atoms with Crippen molar-refractivity contribution in [2.75, 3.05) is 5.32 Å². The Balaban J connectivity index is 2.45. The fraction of sp³-hybridized carbons (Fsp3) is 0.300. The highest BCUT2D eigenvalue weighted by molar-refractivity contribution is 9.11. The summed E-state index contributed by atoms with van der Waals surface area (Å²) in [6.45, 7) is 1.92. The van der Waals surface area contributed by atoms with Crippen molar-refractivity contribution in [2.24, 2.45) is 0 Å². The first-order chi connectivity index (χ1) is 7.11. The van der Waals surface area contributed by atoms with E-state index in [9.17, 15) is 4.79 Å². The van der Waals surface area contributed by atoms with Gasteiger partial charge in [-0.2, -0.15) is 0 Å². The second-order valence-corrected chi connectivity index (χ2v) is 5.04. The summed E-state index contributed by atoms with van der Waals surface area (Å²) in [6.07, 6.45) is 0.267. The Morgan fingerprint density at radius 3 is 2.87 bits per heavy atom. The maximum absolute atomic E-state index is 11.5. The van der Waals surface area contributed by atoms with Crippen molar-refractivity contribution in [3.05, 3.63) is 21.1 Å². The lowest BCUT2D eigenvalue weighted by Gasteiger charge is -2.26. The summed E-state index contributed by atoms with van der Waals surface area (Å²) in [6, 6.07) is 3.72. The third-order valence-corrected chi connectivity index (χ3v) is 3.24. The Labute approximate surface area is 104 Å². The molecule has 1 aromatic rings. The molecule has 1 N–H and O–H groups in total. The third kappa shape index (κ3) is 2.03. The van der Waals surface area contributed by atoms with E-state index >= 15 is 0 Å². The zero-order chi connectivity index (χ0) is 11.0. The quantitative estimate of drug-likeness (QED) is 0.855. The van der Waals surface area contributed by atoms with Crippen LogP contribution < -0.4 is 10.1 Å². The van der Waals surface area contributed by atoms with Crippen LogP contribution >= 0.6 is 31.9 Å². The lowest BCUT2D eigenvalue weighted by atomic mass is 10.2. The molecule has 0 bridgehead atoms. The molecule has 1 aliphatic rings. The van der Waals surface area contributed by atoms with Crippen LogP contribution in [-0.2, 0) is 4.79 Å². The van der Waals surface area contributed by atoms with Crippen LogP contribution in [0.5, 0.6) is 5.75 Å². The van der Waals surface area contributed by atoms with Gasteiger partial charge in [-0.1, -0.05) is 22.9 Å². The number of hydrogen-bond acceptors (Lipinski definition) is 2. The fourth-order valence-electron chi connectivity index (χ4n) is 1.45. The lowest BCUT2D eigenvalue weighted by Crippen LogP contribution is -2.36. The van der Waals surface area contributed by atoms with Crippen molar-refractivity contribution in [2.45, 2.75) is 19.4 Å². The van der Waals surface area contributed by atoms with Gasteiger partial charge < -0.3 is 10.1 Å². The number of amides is 1. The number of hydrogen-bond donors (Lipinski definition) is 1. The van der Waals surface area contributed by atoms with Crippen LogP contribution in [-0.4, -0.2) is 12.0 Å². The second kappa shape index (κ2) is 4.14. The van der Waals surface area contributed by atoms with E-state index in [1.54, 1.807) is 0 Å². The van der Waals surface area contributed by atoms with Crippen molar-refractivity contribution in [3.63, 3.8) is 0 Å². The smallest absolute Gasteiger partial charge is 0.265 e. The van der Waals surface area contributed by atoms with Gasteiger partial charge in [-0.15, -0.1) is 0 Å². The molecule has 0 aliphatic carbocycles. The Hall–Kier alpha value is -0.550. The van der Waals surface area contributed by atoms with Crippen LogP contribution in [0.3, 0.4) is 0 Å². The molecular formula is C10H9Br2NO2. The summed E-state index contributed by atoms with van der Waals surface area (Å²) in [5.74, 6) is 0.611. The van der Waals surface area contributed by atoms with Crippen LogP contribution in [0.2, 0.25) is 0 Å². The van der Waals surface area contributed by atoms with E-state index in [1.165, 1.54) is 0 Å². The number of nitrogens with one attached hydrogen (secondary N) is 1. The van der Waals surface area contributed by atoms with Gasteiger partial charge in [0.1, 0.15) is 0 Å². The number of carbonyl (C=O) groups excluding carboxylic acids is 1. The lowest BCUT2D eigenvalue weighted by molar-refractivity contribution is -0.123. The number of halogens is 2. The molecule has 1 heterocycles. The zero-order valence-corrected chi connectivity index (χ0v) is 11.2. The maximum atomic E-state index is 11.5. The van der Waals surface area contributed by atoms with E-state index in [0.717, 1.165) is 8.95 Å². The first kappa shape index (κ1) is 11.0. The Kier molecular flexibility index (Phi) is 3.02. The van der Waals surface area contributed by atoms with Gasteiger partial charge in [-0.05, 0) is 34.5 Å². The minimum absolute atomic E-state index is 0.0880. The molecule has 2 rings (SSSR count). The van der Waals surface area contributed by atoms with E-state index < -0.39 is 6.10 Å². The molecule has 1 aromatic carbocycles. The molecule has 1 amide bonds. The first-order valence-corrected chi connectivity index (χ1v) is 6.17. The van der Waals surface area contributed by atoms with Crippen LogP contribution in [0, 0.1) is 0 Å². The highest BCUT2D eigenvalue weighted by Gasteiger charge is 2.27. The molecule has 80 valence electrons. The van der Waals surface area contributed by atoms with E-state index in [1.807, 2.05) is 19.1 Å². The molecule has 0 spiro atoms. The van der Waals surface area contributed by atoms with E-state index in [2.05, 4.69) is 37.2 Å². The number of benzene rings is 1. The topological polar surface area (TPSA) is 38.3 Å². The minimum atomic E-state index is -0.394. The van der Waals surface area contributed by atoms with Crippen molar-refractivity contribution >= 4 is 43.5 Å². The summed E-state index contributed by atoms with van der Waals surface area (Å²) in [5, 5.41) is 2.82. The summed E-state index contributed by atoms with van der Waals surface area (Å²) in [5.41, 5.74) is 0.700. The molecular weight excluding hydrogens is 326 g/mol. The monoisotopic (exact) mass is 333 g/mol. The van der Waals surface area contributed by atoms with Gasteiger partial charge in [0.15, 0.2) is 11.9 Å². The summed E-state index contributed by atoms with van der Waals surface area (Å²) in [7, 11) is 0. The van der Waals surface area contributed by atoms with Crippen molar-refractivity contribution in [3.8, 4) is 5.75 Å². The molecule has 1 unspecified atom stereocenters. The largest absolute Gasteiger partial charge is 0.477 e. The highest BCUT2D eigenvalue weighted by Crippen LogP contribution is 2.39. The number of ether oxygens (including phenoxy) is 1. The summed E-state index contributed by atoms with van der Waals surface area (Å²) >= 11 is 6.76. The molecule has 5 heteroatoms. The highest BCUT2D eigenvalue weighted by atomic mass is 79.9. The maximum Gasteiger partial charge on any atom is 0.265 e. The zero-order valence-electron chi connectivity index (χ0n) is 8.01. The predicted molar refractivity (Wildman–Crippen MR) is 65.2 cm³/mol. The molecule has 0 saturated heterocycles. The average Bonchev–Trinajstić information content (AvgIpc) is 2.16. The molecule has 0 aromatic heterocycles. The average molecular weight is 335 g/mol. The van der Waals surface area contributed by atoms with Crippen LogP contribution in [0.25, 0.3) is 0 Å². The summed E-state index contributed by atoms with van der Waals surface area (Å²) in [4.78, 5) is 11.5. The molecule has 0 radical (unpaired) electrons. The minimum Gasteiger partial charge on any atom is -0.477 e. The van der Waals surface area contributed by atoms with Gasteiger partial charge in [0.25, 0.3) is 5.91 Å². The molecule has 1 atom stereocenters. The standard InChI is InChI=1S/C10H9Br2NO2/c1-2-8-10(14)13-7-4-5(11)3-6(12)9(7)15-8/h3-4,8H,2H2,1H3,(H,13,14). The number of anilines is 1. The Morgan fingerprint density at radius 1 is 1.47 bits per heavy atom. The number of fused-ring (bicyclic) bond motifs is 1. The van der Waals surface area contributed by atoms with Gasteiger partial charge in [-0.3, -0.25) is 4.79 Å². The van der Waals surface area contributed by atoms with Crippen molar-refractivity contribution < 1.29 is 9.53 Å². The van der Waals surface area contributed by atoms with E-state index in [-0.39, 0.29) is 5.91 Å². The first-order valence-electron chi connectivity index (χ1n) is 4.58. The van der Waals surface area contributed by atoms with Gasteiger partial charge in [0, 0.05) is 4.47 Å². The molecule has 0 fully saturated rings. The third-order valence-electron chi connectivity index (χ3n) is 2.19. The molecule has 15 heavy (non-hydrogen) atoms.